The van der Waals surface area contributed by atoms with Crippen molar-refractivity contribution in [3.63, 3.8) is 0 Å². The Morgan fingerprint density at radius 1 is 1.11 bits per heavy atom. The van der Waals surface area contributed by atoms with Gasteiger partial charge < -0.3 is 11.1 Å². The van der Waals surface area contributed by atoms with Crippen LogP contribution in [0.25, 0.3) is 0 Å². The van der Waals surface area contributed by atoms with E-state index in [4.69, 9.17) is 17.3 Å². The molecule has 0 saturated heterocycles. The lowest BCUT2D eigenvalue weighted by Gasteiger charge is -2.11. The van der Waals surface area contributed by atoms with Crippen LogP contribution >= 0.6 is 27.5 Å². The van der Waals surface area contributed by atoms with Gasteiger partial charge in [0.1, 0.15) is 5.69 Å². The van der Waals surface area contributed by atoms with Crippen molar-refractivity contribution in [3.05, 3.63) is 51.5 Å². The second-order valence-corrected chi connectivity index (χ2v) is 4.90. The van der Waals surface area contributed by atoms with Gasteiger partial charge in [-0.3, -0.25) is 0 Å². The fourth-order valence-corrected chi connectivity index (χ4v) is 1.96. The molecule has 2 aromatic rings. The Balaban J connectivity index is 2.43. The molecule has 0 aliphatic heterocycles. The van der Waals surface area contributed by atoms with Crippen LogP contribution in [0.5, 0.6) is 0 Å². The van der Waals surface area contributed by atoms with Gasteiger partial charge in [0, 0.05) is 15.2 Å². The van der Waals surface area contributed by atoms with Crippen LogP contribution in [-0.2, 0) is 0 Å². The highest BCUT2D eigenvalue weighted by Crippen LogP contribution is 2.31. The fraction of sp³-hybridized carbons (Fsp3) is 0. The number of hydrogen-bond donors (Lipinski definition) is 2. The molecule has 0 heterocycles. The van der Waals surface area contributed by atoms with Gasteiger partial charge in [-0.05, 0) is 46.3 Å². The molecule has 2 aromatic carbocycles. The summed E-state index contributed by atoms with van der Waals surface area (Å²) >= 11 is 9.08. The van der Waals surface area contributed by atoms with Gasteiger partial charge in [-0.2, -0.15) is 0 Å². The number of nitrogens with two attached hydrogens (primary N) is 1. The van der Waals surface area contributed by atoms with Crippen LogP contribution in [0.2, 0.25) is 5.02 Å². The monoisotopic (exact) mass is 332 g/mol. The predicted molar refractivity (Wildman–Crippen MR) is 73.2 cm³/mol. The van der Waals surface area contributed by atoms with Gasteiger partial charge in [0.05, 0.1) is 5.69 Å². The molecule has 18 heavy (non-hydrogen) atoms. The van der Waals surface area contributed by atoms with Crippen LogP contribution in [0, 0.1) is 11.6 Å². The largest absolute Gasteiger partial charge is 0.399 e. The number of nitrogens with one attached hydrogen (secondary N) is 1. The molecule has 0 unspecified atom stereocenters. The minimum atomic E-state index is -0.764. The van der Waals surface area contributed by atoms with E-state index in [0.717, 1.165) is 12.1 Å². The number of anilines is 3. The number of nitrogen functional groups attached to an aromatic ring is 1. The first-order valence-corrected chi connectivity index (χ1v) is 6.11. The van der Waals surface area contributed by atoms with Crippen molar-refractivity contribution in [2.75, 3.05) is 11.1 Å². The quantitative estimate of drug-likeness (QED) is 0.781. The molecule has 2 rings (SSSR count). The van der Waals surface area contributed by atoms with Gasteiger partial charge in [-0.1, -0.05) is 11.6 Å². The zero-order valence-electron chi connectivity index (χ0n) is 8.98. The Morgan fingerprint density at radius 2 is 1.72 bits per heavy atom. The summed E-state index contributed by atoms with van der Waals surface area (Å²) in [7, 11) is 0. The summed E-state index contributed by atoms with van der Waals surface area (Å²) in [6.07, 6.45) is 0. The number of benzene rings is 2. The van der Waals surface area contributed by atoms with E-state index in [2.05, 4.69) is 21.2 Å². The Morgan fingerprint density at radius 3 is 2.33 bits per heavy atom. The van der Waals surface area contributed by atoms with Crippen molar-refractivity contribution in [1.29, 1.82) is 0 Å². The van der Waals surface area contributed by atoms with Gasteiger partial charge >= 0.3 is 0 Å². The van der Waals surface area contributed by atoms with Crippen LogP contribution in [0.3, 0.4) is 0 Å². The van der Waals surface area contributed by atoms with E-state index in [1.807, 2.05) is 0 Å². The van der Waals surface area contributed by atoms with E-state index in [0.29, 0.717) is 15.2 Å². The standard InChI is InChI=1S/C12H8BrClF2N2/c13-8-2-1-6(14)3-11(8)18-12-9(15)4-7(17)5-10(12)16/h1-5,18H,17H2. The van der Waals surface area contributed by atoms with Crippen LogP contribution in [0.1, 0.15) is 0 Å². The van der Waals surface area contributed by atoms with Gasteiger partial charge in [0.25, 0.3) is 0 Å². The Kier molecular flexibility index (Phi) is 3.73. The second-order valence-electron chi connectivity index (χ2n) is 3.61. The zero-order valence-corrected chi connectivity index (χ0v) is 11.3. The van der Waals surface area contributed by atoms with E-state index >= 15 is 0 Å². The molecule has 0 aliphatic carbocycles. The molecule has 0 bridgehead atoms. The maximum absolute atomic E-state index is 13.6. The SMILES string of the molecule is Nc1cc(F)c(Nc2cc(Cl)ccc2Br)c(F)c1. The van der Waals surface area contributed by atoms with Crippen molar-refractivity contribution in [2.24, 2.45) is 0 Å². The van der Waals surface area contributed by atoms with E-state index in [1.165, 1.54) is 0 Å². The lowest BCUT2D eigenvalue weighted by Crippen LogP contribution is -2.00. The van der Waals surface area contributed by atoms with Crippen molar-refractivity contribution in [3.8, 4) is 0 Å². The normalized spacial score (nSPS) is 10.4. The summed E-state index contributed by atoms with van der Waals surface area (Å²) in [4.78, 5) is 0. The van der Waals surface area contributed by atoms with Gasteiger partial charge in [0.15, 0.2) is 11.6 Å². The first-order chi connectivity index (χ1) is 8.47. The predicted octanol–water partition coefficient (Wildman–Crippen LogP) is 4.71. The Bertz CT molecular complexity index is 582. The van der Waals surface area contributed by atoms with Crippen molar-refractivity contribution in [1.82, 2.24) is 0 Å². The van der Waals surface area contributed by atoms with Gasteiger partial charge in [0.2, 0.25) is 0 Å². The maximum atomic E-state index is 13.6. The zero-order chi connectivity index (χ0) is 13.3. The molecule has 94 valence electrons. The van der Waals surface area contributed by atoms with E-state index in [9.17, 15) is 8.78 Å². The third-order valence-corrected chi connectivity index (χ3v) is 3.18. The van der Waals surface area contributed by atoms with Crippen molar-refractivity contribution < 1.29 is 8.78 Å². The molecule has 0 fully saturated rings. The second kappa shape index (κ2) is 5.12. The summed E-state index contributed by atoms with van der Waals surface area (Å²) in [6.45, 7) is 0. The molecule has 6 heteroatoms. The molecular formula is C12H8BrClF2N2. The van der Waals surface area contributed by atoms with E-state index in [1.54, 1.807) is 18.2 Å². The highest BCUT2D eigenvalue weighted by Gasteiger charge is 2.12. The van der Waals surface area contributed by atoms with E-state index < -0.39 is 11.6 Å². The molecule has 0 amide bonds. The fourth-order valence-electron chi connectivity index (χ4n) is 1.44. The molecule has 0 atom stereocenters. The third-order valence-electron chi connectivity index (χ3n) is 2.25. The average Bonchev–Trinajstić information content (AvgIpc) is 2.28. The highest BCUT2D eigenvalue weighted by molar-refractivity contribution is 9.10. The van der Waals surface area contributed by atoms with Crippen LogP contribution in [0.15, 0.2) is 34.8 Å². The number of halogens is 4. The topological polar surface area (TPSA) is 38.0 Å². The van der Waals surface area contributed by atoms with Crippen molar-refractivity contribution >= 4 is 44.6 Å². The minimum Gasteiger partial charge on any atom is -0.399 e. The molecular weight excluding hydrogens is 325 g/mol. The molecule has 0 radical (unpaired) electrons. The minimum absolute atomic E-state index is 0.0284. The molecule has 0 saturated carbocycles. The number of hydrogen-bond acceptors (Lipinski definition) is 2. The molecule has 0 spiro atoms. The molecule has 0 aliphatic rings. The summed E-state index contributed by atoms with van der Waals surface area (Å²) in [6, 6.07) is 6.99. The third kappa shape index (κ3) is 2.73. The van der Waals surface area contributed by atoms with E-state index in [-0.39, 0.29) is 11.4 Å². The maximum Gasteiger partial charge on any atom is 0.151 e. The summed E-state index contributed by atoms with van der Waals surface area (Å²) in [5, 5.41) is 3.10. The van der Waals surface area contributed by atoms with Crippen molar-refractivity contribution in [2.45, 2.75) is 0 Å². The lowest BCUT2D eigenvalue weighted by atomic mass is 10.2. The first-order valence-electron chi connectivity index (χ1n) is 4.94. The smallest absolute Gasteiger partial charge is 0.151 e. The first kappa shape index (κ1) is 13.1. The Labute approximate surface area is 116 Å². The lowest BCUT2D eigenvalue weighted by molar-refractivity contribution is 0.592. The van der Waals surface area contributed by atoms with Gasteiger partial charge in [-0.15, -0.1) is 0 Å². The highest BCUT2D eigenvalue weighted by atomic mass is 79.9. The summed E-state index contributed by atoms with van der Waals surface area (Å²) in [5.74, 6) is -1.53. The summed E-state index contributed by atoms with van der Waals surface area (Å²) in [5.41, 5.74) is 5.56. The Hall–Kier alpha value is -1.33. The van der Waals surface area contributed by atoms with Crippen LogP contribution < -0.4 is 11.1 Å². The van der Waals surface area contributed by atoms with Gasteiger partial charge in [-0.25, -0.2) is 8.78 Å². The van der Waals surface area contributed by atoms with Crippen LogP contribution in [-0.4, -0.2) is 0 Å². The molecule has 3 N–H and O–H groups in total. The molecule has 0 aromatic heterocycles. The average molecular weight is 334 g/mol. The summed E-state index contributed by atoms with van der Waals surface area (Å²) < 4.78 is 27.8. The molecule has 2 nitrogen and oxygen atoms in total. The van der Waals surface area contributed by atoms with Crippen LogP contribution in [0.4, 0.5) is 25.8 Å². The number of rotatable bonds is 2.